The van der Waals surface area contributed by atoms with Crippen LogP contribution in [0.4, 0.5) is 0 Å². The van der Waals surface area contributed by atoms with Gasteiger partial charge in [0.05, 0.1) is 12.1 Å². The molecule has 0 spiro atoms. The molecule has 0 saturated heterocycles. The number of aromatic amines is 1. The molecule has 8 heteroatoms. The van der Waals surface area contributed by atoms with Crippen molar-refractivity contribution in [3.63, 3.8) is 0 Å². The molecule has 4 aromatic rings. The van der Waals surface area contributed by atoms with Crippen LogP contribution in [0.5, 0.6) is 0 Å². The predicted molar refractivity (Wildman–Crippen MR) is 133 cm³/mol. The van der Waals surface area contributed by atoms with E-state index >= 15 is 0 Å². The SMILES string of the molecule is CCCCCCc1nn(C(C)(C)C)c(=O)n1Cc1ccc(-c2ccccc2-c2nnn[nH]2)cc1. The molecule has 0 unspecified atom stereocenters. The van der Waals surface area contributed by atoms with Crippen LogP contribution >= 0.6 is 0 Å². The lowest BCUT2D eigenvalue weighted by Crippen LogP contribution is -2.36. The van der Waals surface area contributed by atoms with Gasteiger partial charge in [0.25, 0.3) is 0 Å². The first-order chi connectivity index (χ1) is 16.4. The molecule has 0 saturated carbocycles. The van der Waals surface area contributed by atoms with Crippen molar-refractivity contribution in [2.75, 3.05) is 0 Å². The fourth-order valence-corrected chi connectivity index (χ4v) is 4.11. The summed E-state index contributed by atoms with van der Waals surface area (Å²) in [7, 11) is 0. The highest BCUT2D eigenvalue weighted by Gasteiger charge is 2.22. The third-order valence-electron chi connectivity index (χ3n) is 5.96. The summed E-state index contributed by atoms with van der Waals surface area (Å²) >= 11 is 0. The maximum Gasteiger partial charge on any atom is 0.346 e. The minimum atomic E-state index is -0.358. The number of rotatable bonds is 9. The molecule has 0 fully saturated rings. The maximum atomic E-state index is 13.2. The number of benzene rings is 2. The molecule has 34 heavy (non-hydrogen) atoms. The molecule has 0 atom stereocenters. The highest BCUT2D eigenvalue weighted by molar-refractivity contribution is 5.80. The van der Waals surface area contributed by atoms with Gasteiger partial charge in [0, 0.05) is 12.0 Å². The first-order valence-corrected chi connectivity index (χ1v) is 12.0. The largest absolute Gasteiger partial charge is 0.346 e. The molecule has 8 nitrogen and oxygen atoms in total. The fraction of sp³-hybridized carbons (Fsp3) is 0.423. The summed E-state index contributed by atoms with van der Waals surface area (Å²) in [5.41, 5.74) is 3.70. The van der Waals surface area contributed by atoms with Crippen LogP contribution in [0.15, 0.2) is 53.3 Å². The summed E-state index contributed by atoms with van der Waals surface area (Å²) in [5, 5.41) is 19.0. The second-order valence-corrected chi connectivity index (χ2v) is 9.67. The van der Waals surface area contributed by atoms with Gasteiger partial charge in [-0.05, 0) is 54.3 Å². The average Bonchev–Trinajstić information content (AvgIpc) is 3.46. The van der Waals surface area contributed by atoms with Crippen molar-refractivity contribution in [2.45, 2.75) is 71.9 Å². The van der Waals surface area contributed by atoms with Gasteiger partial charge >= 0.3 is 5.69 Å². The van der Waals surface area contributed by atoms with Crippen molar-refractivity contribution in [3.8, 4) is 22.5 Å². The smallest absolute Gasteiger partial charge is 0.274 e. The van der Waals surface area contributed by atoms with E-state index in [0.29, 0.717) is 12.4 Å². The normalized spacial score (nSPS) is 11.8. The highest BCUT2D eigenvalue weighted by atomic mass is 16.2. The number of aromatic nitrogens is 7. The Morgan fingerprint density at radius 2 is 1.68 bits per heavy atom. The first-order valence-electron chi connectivity index (χ1n) is 12.0. The Balaban J connectivity index is 1.61. The van der Waals surface area contributed by atoms with Crippen molar-refractivity contribution in [1.29, 1.82) is 0 Å². The van der Waals surface area contributed by atoms with Gasteiger partial charge in [-0.25, -0.2) is 14.6 Å². The summed E-state index contributed by atoms with van der Waals surface area (Å²) in [5.74, 6) is 1.50. The van der Waals surface area contributed by atoms with Crippen LogP contribution in [0.25, 0.3) is 22.5 Å². The van der Waals surface area contributed by atoms with Crippen LogP contribution < -0.4 is 5.69 Å². The molecule has 2 heterocycles. The summed E-state index contributed by atoms with van der Waals surface area (Å²) < 4.78 is 3.46. The lowest BCUT2D eigenvalue weighted by Gasteiger charge is -2.16. The first kappa shape index (κ1) is 23.6. The third kappa shape index (κ3) is 5.16. The van der Waals surface area contributed by atoms with Gasteiger partial charge < -0.3 is 0 Å². The van der Waals surface area contributed by atoms with Crippen LogP contribution in [-0.2, 0) is 18.5 Å². The van der Waals surface area contributed by atoms with Crippen molar-refractivity contribution < 1.29 is 0 Å². The molecule has 2 aromatic heterocycles. The number of nitrogens with one attached hydrogen (secondary N) is 1. The number of aryl methyl sites for hydroxylation is 1. The van der Waals surface area contributed by atoms with Crippen LogP contribution in [0.1, 0.15) is 64.8 Å². The van der Waals surface area contributed by atoms with E-state index in [9.17, 15) is 4.79 Å². The van der Waals surface area contributed by atoms with Gasteiger partial charge in [-0.15, -0.1) is 5.10 Å². The van der Waals surface area contributed by atoms with Crippen LogP contribution in [0, 0.1) is 0 Å². The third-order valence-corrected chi connectivity index (χ3v) is 5.96. The van der Waals surface area contributed by atoms with Gasteiger partial charge in [0.2, 0.25) is 0 Å². The molecular weight excluding hydrogens is 426 g/mol. The predicted octanol–water partition coefficient (Wildman–Crippen LogP) is 4.82. The maximum absolute atomic E-state index is 13.2. The lowest BCUT2D eigenvalue weighted by molar-refractivity contribution is 0.339. The number of H-pyrrole nitrogens is 1. The second-order valence-electron chi connectivity index (χ2n) is 9.67. The highest BCUT2D eigenvalue weighted by Crippen LogP contribution is 2.29. The minimum absolute atomic E-state index is 0.0507. The molecule has 0 bridgehead atoms. The average molecular weight is 460 g/mol. The lowest BCUT2D eigenvalue weighted by atomic mass is 9.98. The number of unbranched alkanes of at least 4 members (excludes halogenated alkanes) is 3. The van der Waals surface area contributed by atoms with E-state index in [-0.39, 0.29) is 11.2 Å². The van der Waals surface area contributed by atoms with E-state index in [1.807, 2.05) is 43.5 Å². The number of nitrogens with zero attached hydrogens (tertiary/aromatic N) is 6. The molecule has 2 aromatic carbocycles. The van der Waals surface area contributed by atoms with E-state index < -0.39 is 0 Å². The van der Waals surface area contributed by atoms with E-state index in [1.54, 1.807) is 4.68 Å². The van der Waals surface area contributed by atoms with Gasteiger partial charge in [-0.1, -0.05) is 74.7 Å². The Labute approximate surface area is 200 Å². The topological polar surface area (TPSA) is 94.3 Å². The van der Waals surface area contributed by atoms with E-state index in [4.69, 9.17) is 5.10 Å². The molecule has 0 radical (unpaired) electrons. The Bertz CT molecular complexity index is 1260. The summed E-state index contributed by atoms with van der Waals surface area (Å²) in [6.45, 7) is 8.76. The van der Waals surface area contributed by atoms with Crippen molar-refractivity contribution in [3.05, 3.63) is 70.4 Å². The molecule has 178 valence electrons. The Kier molecular flexibility index (Phi) is 7.05. The van der Waals surface area contributed by atoms with E-state index in [2.05, 4.69) is 57.9 Å². The minimum Gasteiger partial charge on any atom is -0.274 e. The van der Waals surface area contributed by atoms with Crippen molar-refractivity contribution >= 4 is 0 Å². The van der Waals surface area contributed by atoms with Gasteiger partial charge in [-0.2, -0.15) is 5.10 Å². The fourth-order valence-electron chi connectivity index (χ4n) is 4.11. The molecule has 0 aliphatic heterocycles. The van der Waals surface area contributed by atoms with Crippen molar-refractivity contribution in [2.24, 2.45) is 0 Å². The summed E-state index contributed by atoms with van der Waals surface area (Å²) in [6.07, 6.45) is 5.40. The van der Waals surface area contributed by atoms with E-state index in [0.717, 1.165) is 47.3 Å². The second kappa shape index (κ2) is 10.2. The zero-order valence-electron chi connectivity index (χ0n) is 20.5. The number of hydrogen-bond donors (Lipinski definition) is 1. The molecule has 0 aliphatic carbocycles. The molecule has 0 amide bonds. The van der Waals surface area contributed by atoms with Gasteiger partial charge in [-0.3, -0.25) is 4.57 Å². The number of tetrazole rings is 1. The standard InChI is InChI=1S/C26H33N7O/c1-5-6-7-8-13-23-29-33(26(2,3)4)25(34)32(23)18-19-14-16-20(17-15-19)21-11-9-10-12-22(21)24-27-30-31-28-24/h9-12,14-17H,5-8,13,18H2,1-4H3,(H,27,28,30,31). The van der Waals surface area contributed by atoms with Crippen LogP contribution in [-0.4, -0.2) is 35.0 Å². The number of hydrogen-bond acceptors (Lipinski definition) is 5. The quantitative estimate of drug-likeness (QED) is 0.362. The molecule has 0 aliphatic rings. The van der Waals surface area contributed by atoms with Crippen molar-refractivity contribution in [1.82, 2.24) is 35.0 Å². The summed E-state index contributed by atoms with van der Waals surface area (Å²) in [6, 6.07) is 16.3. The molecular formula is C26H33N7O. The van der Waals surface area contributed by atoms with E-state index in [1.165, 1.54) is 12.8 Å². The Hall–Kier alpha value is -3.55. The Morgan fingerprint density at radius 1 is 0.941 bits per heavy atom. The van der Waals surface area contributed by atoms with Crippen LogP contribution in [0.2, 0.25) is 0 Å². The molecule has 4 rings (SSSR count). The zero-order valence-corrected chi connectivity index (χ0v) is 20.5. The zero-order chi connectivity index (χ0) is 24.1. The van der Waals surface area contributed by atoms with Gasteiger partial charge in [0.15, 0.2) is 5.82 Å². The van der Waals surface area contributed by atoms with Gasteiger partial charge in [0.1, 0.15) is 5.82 Å². The Morgan fingerprint density at radius 3 is 2.32 bits per heavy atom. The molecule has 1 N–H and O–H groups in total. The summed E-state index contributed by atoms with van der Waals surface area (Å²) in [4.78, 5) is 13.2. The van der Waals surface area contributed by atoms with Crippen LogP contribution in [0.3, 0.4) is 0 Å². The monoisotopic (exact) mass is 459 g/mol.